The molecule has 0 spiro atoms. The summed E-state index contributed by atoms with van der Waals surface area (Å²) in [6.45, 7) is 4.76. The molecule has 0 aliphatic heterocycles. The first-order valence-corrected chi connectivity index (χ1v) is 12.5. The number of hydrogen-bond donors (Lipinski definition) is 2. The molecule has 0 aromatic heterocycles. The average Bonchev–Trinajstić information content (AvgIpc) is 2.88. The first-order valence-electron chi connectivity index (χ1n) is 10.8. The van der Waals surface area contributed by atoms with Crippen molar-refractivity contribution in [2.75, 3.05) is 0 Å². The van der Waals surface area contributed by atoms with Crippen molar-refractivity contribution in [3.05, 3.63) is 0 Å². The fourth-order valence-corrected chi connectivity index (χ4v) is 10.2. The lowest BCUT2D eigenvalue weighted by Gasteiger charge is -2.66. The van der Waals surface area contributed by atoms with Crippen LogP contribution in [0.3, 0.4) is 0 Å². The predicted molar refractivity (Wildman–Crippen MR) is 114 cm³/mol. The van der Waals surface area contributed by atoms with Gasteiger partial charge in [-0.15, -0.1) is 0 Å². The Morgan fingerprint density at radius 2 is 1.70 bits per heavy atom. The van der Waals surface area contributed by atoms with Crippen molar-refractivity contribution in [2.45, 2.75) is 98.9 Å². The second-order valence-corrected chi connectivity index (χ2v) is 13.0. The van der Waals surface area contributed by atoms with E-state index < -0.39 is 5.60 Å². The molecule has 0 aromatic rings. The molecular formula is C22H34Br2O3. The standard InChI is InChI=1S/C22H34Br2O3/c1-19-9-5-17-15(16(19)6-10-21(19,27)7-3-11-25)12-18(23)22(24)13-14(26)4-8-20(17,22)2/h11,14-18,26-27H,3-10,12-13H2,1-2H3/t14?,15-,16-,17-,18?,19-,20+,21+,22?/m0/s1. The third kappa shape index (κ3) is 2.73. The van der Waals surface area contributed by atoms with Crippen molar-refractivity contribution in [1.29, 1.82) is 0 Å². The molecule has 0 heterocycles. The van der Waals surface area contributed by atoms with E-state index in [2.05, 4.69) is 45.7 Å². The van der Waals surface area contributed by atoms with Gasteiger partial charge in [-0.25, -0.2) is 0 Å². The van der Waals surface area contributed by atoms with Gasteiger partial charge in [-0.05, 0) is 86.4 Å². The molecule has 4 rings (SSSR count). The zero-order valence-electron chi connectivity index (χ0n) is 16.6. The van der Waals surface area contributed by atoms with Crippen LogP contribution in [0.1, 0.15) is 78.1 Å². The Hall–Kier alpha value is 0.550. The third-order valence-electron chi connectivity index (χ3n) is 9.71. The van der Waals surface area contributed by atoms with Gasteiger partial charge in [-0.2, -0.15) is 0 Å². The maximum Gasteiger partial charge on any atom is 0.120 e. The Labute approximate surface area is 180 Å². The summed E-state index contributed by atoms with van der Waals surface area (Å²) < 4.78 is -0.0427. The summed E-state index contributed by atoms with van der Waals surface area (Å²) in [6, 6.07) is 0. The summed E-state index contributed by atoms with van der Waals surface area (Å²) >= 11 is 8.17. The van der Waals surface area contributed by atoms with Gasteiger partial charge in [-0.1, -0.05) is 45.7 Å². The summed E-state index contributed by atoms with van der Waals surface area (Å²) in [6.07, 6.45) is 9.89. The van der Waals surface area contributed by atoms with E-state index in [9.17, 15) is 15.0 Å². The molecule has 3 unspecified atom stereocenters. The van der Waals surface area contributed by atoms with Crippen LogP contribution in [0.15, 0.2) is 0 Å². The lowest BCUT2D eigenvalue weighted by molar-refractivity contribution is -0.151. The van der Waals surface area contributed by atoms with Crippen LogP contribution in [0, 0.1) is 28.6 Å². The number of rotatable bonds is 3. The Morgan fingerprint density at radius 3 is 2.41 bits per heavy atom. The van der Waals surface area contributed by atoms with Crippen LogP contribution in [0.5, 0.6) is 0 Å². The van der Waals surface area contributed by atoms with Crippen LogP contribution in [-0.4, -0.2) is 37.4 Å². The fourth-order valence-electron chi connectivity index (χ4n) is 7.98. The highest BCUT2D eigenvalue weighted by Crippen LogP contribution is 2.71. The molecule has 0 bridgehead atoms. The minimum absolute atomic E-state index is 0.0427. The number of halogens is 2. The quantitative estimate of drug-likeness (QED) is 0.419. The van der Waals surface area contributed by atoms with Gasteiger partial charge in [-0.3, -0.25) is 0 Å². The van der Waals surface area contributed by atoms with Crippen LogP contribution in [-0.2, 0) is 4.79 Å². The van der Waals surface area contributed by atoms with Crippen LogP contribution in [0.25, 0.3) is 0 Å². The van der Waals surface area contributed by atoms with Gasteiger partial charge in [0.2, 0.25) is 0 Å². The monoisotopic (exact) mass is 504 g/mol. The molecule has 0 amide bonds. The molecule has 27 heavy (non-hydrogen) atoms. The summed E-state index contributed by atoms with van der Waals surface area (Å²) in [5, 5.41) is 21.9. The van der Waals surface area contributed by atoms with E-state index in [0.717, 1.165) is 57.7 Å². The van der Waals surface area contributed by atoms with Gasteiger partial charge in [0.1, 0.15) is 6.29 Å². The molecule has 154 valence electrons. The molecular weight excluding hydrogens is 472 g/mol. The Morgan fingerprint density at radius 1 is 1.07 bits per heavy atom. The molecule has 0 radical (unpaired) electrons. The zero-order valence-corrected chi connectivity index (χ0v) is 19.8. The van der Waals surface area contributed by atoms with E-state index in [1.807, 2.05) is 0 Å². The van der Waals surface area contributed by atoms with Crippen LogP contribution >= 0.6 is 31.9 Å². The topological polar surface area (TPSA) is 57.5 Å². The summed E-state index contributed by atoms with van der Waals surface area (Å²) in [7, 11) is 0. The highest BCUT2D eigenvalue weighted by Gasteiger charge is 2.68. The molecule has 4 aliphatic rings. The fraction of sp³-hybridized carbons (Fsp3) is 0.955. The molecule has 0 saturated heterocycles. The van der Waals surface area contributed by atoms with Gasteiger partial charge in [0.05, 0.1) is 11.7 Å². The highest BCUT2D eigenvalue weighted by molar-refractivity contribution is 9.12. The van der Waals surface area contributed by atoms with Crippen molar-refractivity contribution in [3.63, 3.8) is 0 Å². The molecule has 5 heteroatoms. The molecule has 3 nitrogen and oxygen atoms in total. The molecule has 4 saturated carbocycles. The van der Waals surface area contributed by atoms with E-state index in [4.69, 9.17) is 0 Å². The number of carbonyl (C=O) groups excluding carboxylic acids is 1. The predicted octanol–water partition coefficient (Wildman–Crippen LogP) is 4.99. The molecule has 9 atom stereocenters. The minimum Gasteiger partial charge on any atom is -0.393 e. The number of carbonyl (C=O) groups is 1. The van der Waals surface area contributed by atoms with Gasteiger partial charge < -0.3 is 15.0 Å². The van der Waals surface area contributed by atoms with Crippen LogP contribution in [0.2, 0.25) is 0 Å². The third-order valence-corrected chi connectivity index (χ3v) is 13.3. The van der Waals surface area contributed by atoms with E-state index in [1.165, 1.54) is 0 Å². The lowest BCUT2D eigenvalue weighted by atomic mass is 9.44. The molecule has 4 fully saturated rings. The van der Waals surface area contributed by atoms with Crippen molar-refractivity contribution in [1.82, 2.24) is 0 Å². The SMILES string of the molecule is C[C@]12CC[C@H]3[C@@H](CC(Br)C4(Br)CC(O)CC[C@]34C)[C@@H]1CC[C@]2(O)CCC=O. The maximum atomic E-state index is 11.5. The molecule has 0 aromatic carbocycles. The number of aldehydes is 1. The van der Waals surface area contributed by atoms with Crippen molar-refractivity contribution in [3.8, 4) is 0 Å². The van der Waals surface area contributed by atoms with E-state index in [-0.39, 0.29) is 21.3 Å². The van der Waals surface area contributed by atoms with E-state index in [1.54, 1.807) is 0 Å². The van der Waals surface area contributed by atoms with Gasteiger partial charge in [0.25, 0.3) is 0 Å². The van der Waals surface area contributed by atoms with Gasteiger partial charge in [0.15, 0.2) is 0 Å². The minimum atomic E-state index is -0.683. The van der Waals surface area contributed by atoms with Crippen molar-refractivity contribution < 1.29 is 15.0 Å². The number of fused-ring (bicyclic) bond motifs is 5. The first-order chi connectivity index (χ1) is 12.6. The van der Waals surface area contributed by atoms with Crippen LogP contribution < -0.4 is 0 Å². The second-order valence-electron chi connectivity index (χ2n) is 10.5. The highest BCUT2D eigenvalue weighted by atomic mass is 79.9. The van der Waals surface area contributed by atoms with Crippen LogP contribution in [0.4, 0.5) is 0 Å². The number of hydrogen-bond acceptors (Lipinski definition) is 3. The molecule has 2 N–H and O–H groups in total. The summed E-state index contributed by atoms with van der Waals surface area (Å²) in [5.74, 6) is 1.79. The van der Waals surface area contributed by atoms with E-state index >= 15 is 0 Å². The molecule has 4 aliphatic carbocycles. The van der Waals surface area contributed by atoms with Gasteiger partial charge >= 0.3 is 0 Å². The van der Waals surface area contributed by atoms with Crippen molar-refractivity contribution >= 4 is 38.1 Å². The van der Waals surface area contributed by atoms with Crippen molar-refractivity contribution in [2.24, 2.45) is 28.6 Å². The Bertz CT molecular complexity index is 614. The Balaban J connectivity index is 1.66. The average molecular weight is 506 g/mol. The maximum absolute atomic E-state index is 11.5. The Kier molecular flexibility index (Phi) is 5.23. The normalized spacial score (nSPS) is 57.5. The first kappa shape index (κ1) is 20.8. The zero-order chi connectivity index (χ0) is 19.7. The largest absolute Gasteiger partial charge is 0.393 e. The smallest absolute Gasteiger partial charge is 0.120 e. The summed E-state index contributed by atoms with van der Waals surface area (Å²) in [4.78, 5) is 11.3. The second kappa shape index (κ2) is 6.78. The van der Waals surface area contributed by atoms with E-state index in [0.29, 0.717) is 35.4 Å². The summed E-state index contributed by atoms with van der Waals surface area (Å²) in [5.41, 5.74) is -0.577. The lowest BCUT2D eigenvalue weighted by Crippen LogP contribution is -2.65. The number of aliphatic hydroxyl groups is 2. The number of alkyl halides is 2. The van der Waals surface area contributed by atoms with Gasteiger partial charge in [0, 0.05) is 15.6 Å². The number of aliphatic hydroxyl groups excluding tert-OH is 1.